The van der Waals surface area contributed by atoms with Gasteiger partial charge in [0.1, 0.15) is 0 Å². The van der Waals surface area contributed by atoms with E-state index in [9.17, 15) is 22.0 Å². The number of hydrogen-bond donors (Lipinski definition) is 0. The largest absolute Gasteiger partial charge is 0.283 e. The summed E-state index contributed by atoms with van der Waals surface area (Å²) < 4.78 is 55.1. The minimum atomic E-state index is -4.01. The molecule has 37 heavy (non-hydrogen) atoms. The van der Waals surface area contributed by atoms with Crippen LogP contribution >= 0.6 is 11.3 Å². The topological polar surface area (TPSA) is 83.5 Å². The highest BCUT2D eigenvalue weighted by molar-refractivity contribution is 7.89. The Morgan fingerprint density at radius 3 is 2.59 bits per heavy atom. The smallest absolute Gasteiger partial charge is 0.243 e. The molecule has 2 aromatic carbocycles. The van der Waals surface area contributed by atoms with Crippen LogP contribution in [-0.4, -0.2) is 41.7 Å². The zero-order chi connectivity index (χ0) is 26.2. The lowest BCUT2D eigenvalue weighted by Gasteiger charge is -2.33. The van der Waals surface area contributed by atoms with Crippen LogP contribution < -0.4 is 4.90 Å². The molecular formula is C26H24F2N4O3S2. The molecule has 4 aromatic rings. The summed E-state index contributed by atoms with van der Waals surface area (Å²) in [4.78, 5) is 24.0. The maximum atomic E-state index is 13.8. The fourth-order valence-corrected chi connectivity index (χ4v) is 6.95. The molecule has 0 spiro atoms. The number of aromatic nitrogens is 2. The first-order chi connectivity index (χ1) is 17.7. The molecular weight excluding hydrogens is 518 g/mol. The Kier molecular flexibility index (Phi) is 7.02. The Balaban J connectivity index is 1.37. The Labute approximate surface area is 217 Å². The van der Waals surface area contributed by atoms with Crippen LogP contribution in [0.2, 0.25) is 0 Å². The highest BCUT2D eigenvalue weighted by Crippen LogP contribution is 2.33. The van der Waals surface area contributed by atoms with E-state index in [0.717, 1.165) is 33.5 Å². The van der Waals surface area contributed by atoms with E-state index in [4.69, 9.17) is 4.98 Å². The zero-order valence-corrected chi connectivity index (χ0v) is 21.6. The summed E-state index contributed by atoms with van der Waals surface area (Å²) in [6, 6.07) is 12.2. The maximum absolute atomic E-state index is 13.8. The van der Waals surface area contributed by atoms with Gasteiger partial charge in [0.25, 0.3) is 0 Å². The number of fused-ring (bicyclic) bond motifs is 1. The fourth-order valence-electron chi connectivity index (χ4n) is 4.40. The van der Waals surface area contributed by atoms with Crippen molar-refractivity contribution < 1.29 is 22.0 Å². The highest BCUT2D eigenvalue weighted by Gasteiger charge is 2.35. The van der Waals surface area contributed by atoms with E-state index in [1.807, 2.05) is 31.2 Å². The van der Waals surface area contributed by atoms with Crippen LogP contribution in [0.15, 0.2) is 65.8 Å². The molecule has 0 saturated carbocycles. The van der Waals surface area contributed by atoms with Gasteiger partial charge in [-0.25, -0.2) is 22.2 Å². The molecule has 1 saturated heterocycles. The second-order valence-electron chi connectivity index (χ2n) is 9.01. The predicted molar refractivity (Wildman–Crippen MR) is 138 cm³/mol. The molecule has 5 rings (SSSR count). The Morgan fingerprint density at radius 2 is 1.89 bits per heavy atom. The third-order valence-electron chi connectivity index (χ3n) is 6.43. The average Bonchev–Trinajstić information content (AvgIpc) is 3.32. The second kappa shape index (κ2) is 10.2. The zero-order valence-electron chi connectivity index (χ0n) is 20.0. The van der Waals surface area contributed by atoms with Crippen LogP contribution in [0.5, 0.6) is 0 Å². The van der Waals surface area contributed by atoms with Gasteiger partial charge in [-0.05, 0) is 67.3 Å². The van der Waals surface area contributed by atoms with Gasteiger partial charge in [-0.3, -0.25) is 14.7 Å². The summed E-state index contributed by atoms with van der Waals surface area (Å²) in [5, 5.41) is 0.575. The SMILES string of the molecule is Cc1ccc2nc(N(Cc3cccnc3)C(=O)C3CCN(S(=O)(=O)c4ccc(F)c(F)c4)CC3)sc2c1. The first-order valence-corrected chi connectivity index (χ1v) is 14.0. The average molecular weight is 543 g/mol. The van der Waals surface area contributed by atoms with Gasteiger partial charge in [0.05, 0.1) is 21.7 Å². The van der Waals surface area contributed by atoms with Gasteiger partial charge in [0, 0.05) is 31.4 Å². The van der Waals surface area contributed by atoms with Crippen molar-refractivity contribution in [3.63, 3.8) is 0 Å². The molecule has 0 atom stereocenters. The Morgan fingerprint density at radius 1 is 1.11 bits per heavy atom. The van der Waals surface area contributed by atoms with Crippen molar-refractivity contribution in [1.29, 1.82) is 0 Å². The Hall–Kier alpha value is -3.28. The summed E-state index contributed by atoms with van der Waals surface area (Å²) >= 11 is 1.44. The number of carbonyl (C=O) groups excluding carboxylic acids is 1. The number of hydrogen-bond acceptors (Lipinski definition) is 6. The number of pyridine rings is 1. The van der Waals surface area contributed by atoms with Crippen molar-refractivity contribution in [2.24, 2.45) is 5.92 Å². The molecule has 2 aromatic heterocycles. The number of halogens is 2. The summed E-state index contributed by atoms with van der Waals surface area (Å²) in [5.41, 5.74) is 2.76. The van der Waals surface area contributed by atoms with Crippen LogP contribution in [-0.2, 0) is 21.4 Å². The first-order valence-electron chi connectivity index (χ1n) is 11.7. The summed E-state index contributed by atoms with van der Waals surface area (Å²) in [6.45, 7) is 2.48. The minimum absolute atomic E-state index is 0.0947. The van der Waals surface area contributed by atoms with Gasteiger partial charge in [-0.15, -0.1) is 0 Å². The number of carbonyl (C=O) groups is 1. The number of piperidine rings is 1. The number of thiazole rings is 1. The van der Waals surface area contributed by atoms with E-state index < -0.39 is 27.6 Å². The maximum Gasteiger partial charge on any atom is 0.243 e. The third-order valence-corrected chi connectivity index (χ3v) is 9.36. The molecule has 1 aliphatic heterocycles. The van der Waals surface area contributed by atoms with Gasteiger partial charge in [-0.2, -0.15) is 4.31 Å². The van der Waals surface area contributed by atoms with E-state index in [1.165, 1.54) is 15.6 Å². The molecule has 0 aliphatic carbocycles. The Bertz CT molecular complexity index is 1550. The van der Waals surface area contributed by atoms with E-state index in [2.05, 4.69) is 4.98 Å². The van der Waals surface area contributed by atoms with Crippen molar-refractivity contribution >= 4 is 42.6 Å². The molecule has 0 bridgehead atoms. The molecule has 192 valence electrons. The van der Waals surface area contributed by atoms with Crippen molar-refractivity contribution in [2.75, 3.05) is 18.0 Å². The lowest BCUT2D eigenvalue weighted by Crippen LogP contribution is -2.44. The van der Waals surface area contributed by atoms with Crippen molar-refractivity contribution in [2.45, 2.75) is 31.2 Å². The molecule has 1 amide bonds. The van der Waals surface area contributed by atoms with Crippen LogP contribution in [0.3, 0.4) is 0 Å². The quantitative estimate of drug-likeness (QED) is 0.346. The molecule has 1 aliphatic rings. The molecule has 1 fully saturated rings. The standard InChI is InChI=1S/C26H24F2N4O3S2/c1-17-4-7-23-24(13-17)36-26(30-23)32(16-18-3-2-10-29-15-18)25(33)19-8-11-31(12-9-19)37(34,35)20-5-6-21(27)22(28)14-20/h2-7,10,13-15,19H,8-9,11-12,16H2,1H3. The van der Waals surface area contributed by atoms with E-state index in [-0.39, 0.29) is 23.9 Å². The highest BCUT2D eigenvalue weighted by atomic mass is 32.2. The summed E-state index contributed by atoms with van der Waals surface area (Å²) in [6.07, 6.45) is 3.97. The lowest BCUT2D eigenvalue weighted by molar-refractivity contribution is -0.123. The van der Waals surface area contributed by atoms with Crippen LogP contribution in [0.1, 0.15) is 24.0 Å². The molecule has 11 heteroatoms. The third kappa shape index (κ3) is 5.25. The first kappa shape index (κ1) is 25.4. The van der Waals surface area contributed by atoms with Crippen LogP contribution in [0.25, 0.3) is 10.2 Å². The number of anilines is 1. The van der Waals surface area contributed by atoms with Gasteiger partial charge >= 0.3 is 0 Å². The van der Waals surface area contributed by atoms with Gasteiger partial charge < -0.3 is 0 Å². The number of benzene rings is 2. The molecule has 3 heterocycles. The number of sulfonamides is 1. The summed E-state index contributed by atoms with van der Waals surface area (Å²) in [5.74, 6) is -2.88. The van der Waals surface area contributed by atoms with E-state index >= 15 is 0 Å². The van der Waals surface area contributed by atoms with E-state index in [0.29, 0.717) is 30.6 Å². The number of amides is 1. The number of aryl methyl sites for hydroxylation is 1. The van der Waals surface area contributed by atoms with Crippen molar-refractivity contribution in [3.05, 3.63) is 83.7 Å². The predicted octanol–water partition coefficient (Wildman–Crippen LogP) is 4.91. The van der Waals surface area contributed by atoms with Gasteiger partial charge in [-0.1, -0.05) is 23.5 Å². The number of nitrogens with zero attached hydrogens (tertiary/aromatic N) is 4. The van der Waals surface area contributed by atoms with Gasteiger partial charge in [0.15, 0.2) is 16.8 Å². The lowest BCUT2D eigenvalue weighted by atomic mass is 9.96. The normalized spacial score (nSPS) is 15.2. The van der Waals surface area contributed by atoms with Crippen LogP contribution in [0.4, 0.5) is 13.9 Å². The van der Waals surface area contributed by atoms with Gasteiger partial charge in [0.2, 0.25) is 15.9 Å². The van der Waals surface area contributed by atoms with Crippen LogP contribution in [0, 0.1) is 24.5 Å². The van der Waals surface area contributed by atoms with Crippen molar-refractivity contribution in [3.8, 4) is 0 Å². The minimum Gasteiger partial charge on any atom is -0.283 e. The number of rotatable bonds is 6. The summed E-state index contributed by atoms with van der Waals surface area (Å²) in [7, 11) is -4.01. The monoisotopic (exact) mass is 542 g/mol. The molecule has 7 nitrogen and oxygen atoms in total. The molecule has 0 radical (unpaired) electrons. The molecule has 0 N–H and O–H groups in total. The molecule has 0 unspecified atom stereocenters. The second-order valence-corrected chi connectivity index (χ2v) is 12.0. The fraction of sp³-hybridized carbons (Fsp3) is 0.269. The van der Waals surface area contributed by atoms with Crippen molar-refractivity contribution in [1.82, 2.24) is 14.3 Å². The van der Waals surface area contributed by atoms with E-state index in [1.54, 1.807) is 23.4 Å².